The van der Waals surface area contributed by atoms with Crippen molar-refractivity contribution in [2.24, 2.45) is 5.73 Å². The minimum Gasteiger partial charge on any atom is -0.388 e. The zero-order chi connectivity index (χ0) is 9.03. The SMILES string of the molecule is COCCCC1(O)CCCC1N. The number of rotatable bonds is 4. The van der Waals surface area contributed by atoms with Gasteiger partial charge in [-0.25, -0.2) is 0 Å². The van der Waals surface area contributed by atoms with Gasteiger partial charge in [0, 0.05) is 19.8 Å². The standard InChI is InChI=1S/C9H19NO2/c1-12-7-3-6-9(11)5-2-4-8(9)10/h8,11H,2-7,10H2,1H3. The van der Waals surface area contributed by atoms with Gasteiger partial charge in [0.25, 0.3) is 0 Å². The largest absolute Gasteiger partial charge is 0.388 e. The average molecular weight is 173 g/mol. The van der Waals surface area contributed by atoms with Crippen molar-refractivity contribution in [1.82, 2.24) is 0 Å². The molecule has 12 heavy (non-hydrogen) atoms. The molecule has 0 heterocycles. The van der Waals surface area contributed by atoms with Gasteiger partial charge in [-0.1, -0.05) is 0 Å². The summed E-state index contributed by atoms with van der Waals surface area (Å²) in [4.78, 5) is 0. The molecule has 1 saturated carbocycles. The Kier molecular flexibility index (Phi) is 3.50. The minimum atomic E-state index is -0.599. The lowest BCUT2D eigenvalue weighted by atomic mass is 9.93. The third kappa shape index (κ3) is 2.19. The van der Waals surface area contributed by atoms with E-state index in [1.54, 1.807) is 7.11 Å². The molecule has 0 aromatic rings. The monoisotopic (exact) mass is 173 g/mol. The van der Waals surface area contributed by atoms with E-state index in [-0.39, 0.29) is 6.04 Å². The average Bonchev–Trinajstić information content (AvgIpc) is 2.34. The van der Waals surface area contributed by atoms with Crippen molar-refractivity contribution in [3.63, 3.8) is 0 Å². The van der Waals surface area contributed by atoms with E-state index in [9.17, 15) is 5.11 Å². The van der Waals surface area contributed by atoms with E-state index in [0.29, 0.717) is 0 Å². The predicted octanol–water partition coefficient (Wildman–Crippen LogP) is 0.655. The Morgan fingerprint density at radius 3 is 2.92 bits per heavy atom. The molecular formula is C9H19NO2. The number of methoxy groups -OCH3 is 1. The molecule has 0 aromatic carbocycles. The highest BCUT2D eigenvalue weighted by molar-refractivity contribution is 4.94. The highest BCUT2D eigenvalue weighted by Gasteiger charge is 2.37. The fourth-order valence-electron chi connectivity index (χ4n) is 1.92. The summed E-state index contributed by atoms with van der Waals surface area (Å²) in [6.07, 6.45) is 4.56. The predicted molar refractivity (Wildman–Crippen MR) is 47.9 cm³/mol. The normalized spacial score (nSPS) is 35.8. The Morgan fingerprint density at radius 1 is 1.67 bits per heavy atom. The van der Waals surface area contributed by atoms with Gasteiger partial charge in [-0.15, -0.1) is 0 Å². The van der Waals surface area contributed by atoms with Crippen LogP contribution in [0.4, 0.5) is 0 Å². The van der Waals surface area contributed by atoms with Gasteiger partial charge < -0.3 is 15.6 Å². The molecule has 3 N–H and O–H groups in total. The van der Waals surface area contributed by atoms with Gasteiger partial charge in [0.05, 0.1) is 5.60 Å². The van der Waals surface area contributed by atoms with Crippen molar-refractivity contribution in [3.05, 3.63) is 0 Å². The lowest BCUT2D eigenvalue weighted by molar-refractivity contribution is 0.0153. The van der Waals surface area contributed by atoms with E-state index in [0.717, 1.165) is 38.7 Å². The smallest absolute Gasteiger partial charge is 0.0798 e. The van der Waals surface area contributed by atoms with E-state index in [1.807, 2.05) is 0 Å². The summed E-state index contributed by atoms with van der Waals surface area (Å²) in [5, 5.41) is 10.0. The van der Waals surface area contributed by atoms with Crippen LogP contribution in [0.1, 0.15) is 32.1 Å². The van der Waals surface area contributed by atoms with Gasteiger partial charge >= 0.3 is 0 Å². The first-order valence-corrected chi connectivity index (χ1v) is 4.66. The van der Waals surface area contributed by atoms with Crippen molar-refractivity contribution in [1.29, 1.82) is 0 Å². The Labute approximate surface area is 73.9 Å². The first kappa shape index (κ1) is 9.96. The maximum absolute atomic E-state index is 10.0. The quantitative estimate of drug-likeness (QED) is 0.614. The number of nitrogens with two attached hydrogens (primary N) is 1. The van der Waals surface area contributed by atoms with Crippen LogP contribution in [0.3, 0.4) is 0 Å². The summed E-state index contributed by atoms with van der Waals surface area (Å²) in [6, 6.07) is -0.0191. The summed E-state index contributed by atoms with van der Waals surface area (Å²) in [5.41, 5.74) is 5.21. The second-order valence-corrected chi connectivity index (χ2v) is 3.70. The zero-order valence-electron chi connectivity index (χ0n) is 7.75. The van der Waals surface area contributed by atoms with Gasteiger partial charge in [-0.3, -0.25) is 0 Å². The molecule has 3 nitrogen and oxygen atoms in total. The molecule has 0 spiro atoms. The van der Waals surface area contributed by atoms with E-state index >= 15 is 0 Å². The molecule has 0 bridgehead atoms. The molecule has 0 saturated heterocycles. The van der Waals surface area contributed by atoms with Crippen molar-refractivity contribution in [2.75, 3.05) is 13.7 Å². The van der Waals surface area contributed by atoms with Gasteiger partial charge in [-0.05, 0) is 32.1 Å². The van der Waals surface area contributed by atoms with Gasteiger partial charge in [0.2, 0.25) is 0 Å². The van der Waals surface area contributed by atoms with E-state index in [2.05, 4.69) is 0 Å². The molecule has 2 atom stereocenters. The topological polar surface area (TPSA) is 55.5 Å². The summed E-state index contributed by atoms with van der Waals surface area (Å²) >= 11 is 0. The molecule has 0 amide bonds. The number of ether oxygens (including phenoxy) is 1. The Balaban J connectivity index is 2.27. The molecule has 1 fully saturated rings. The fourth-order valence-corrected chi connectivity index (χ4v) is 1.92. The lowest BCUT2D eigenvalue weighted by Crippen LogP contribution is -2.43. The Hall–Kier alpha value is -0.120. The Morgan fingerprint density at radius 2 is 2.42 bits per heavy atom. The van der Waals surface area contributed by atoms with Crippen LogP contribution in [0.2, 0.25) is 0 Å². The lowest BCUT2D eigenvalue weighted by Gasteiger charge is -2.27. The summed E-state index contributed by atoms with van der Waals surface area (Å²) in [6.45, 7) is 0.717. The molecule has 0 aromatic heterocycles. The third-order valence-electron chi connectivity index (χ3n) is 2.77. The van der Waals surface area contributed by atoms with Gasteiger partial charge in [0.15, 0.2) is 0 Å². The summed E-state index contributed by atoms with van der Waals surface area (Å²) in [7, 11) is 1.68. The van der Waals surface area contributed by atoms with Crippen LogP contribution in [-0.4, -0.2) is 30.5 Å². The molecular weight excluding hydrogens is 154 g/mol. The molecule has 2 unspecified atom stereocenters. The first-order chi connectivity index (χ1) is 5.69. The number of hydrogen-bond donors (Lipinski definition) is 2. The van der Waals surface area contributed by atoms with Gasteiger partial charge in [0.1, 0.15) is 0 Å². The Bertz CT molecular complexity index is 140. The van der Waals surface area contributed by atoms with Crippen LogP contribution in [0.25, 0.3) is 0 Å². The van der Waals surface area contributed by atoms with Crippen molar-refractivity contribution in [3.8, 4) is 0 Å². The van der Waals surface area contributed by atoms with E-state index < -0.39 is 5.60 Å². The third-order valence-corrected chi connectivity index (χ3v) is 2.77. The zero-order valence-corrected chi connectivity index (χ0v) is 7.75. The van der Waals surface area contributed by atoms with Crippen LogP contribution in [0.5, 0.6) is 0 Å². The maximum atomic E-state index is 10.0. The first-order valence-electron chi connectivity index (χ1n) is 4.66. The molecule has 3 heteroatoms. The van der Waals surface area contributed by atoms with Crippen LogP contribution < -0.4 is 5.73 Å². The van der Waals surface area contributed by atoms with Gasteiger partial charge in [-0.2, -0.15) is 0 Å². The molecule has 1 aliphatic carbocycles. The summed E-state index contributed by atoms with van der Waals surface area (Å²) in [5.74, 6) is 0. The van der Waals surface area contributed by atoms with Crippen molar-refractivity contribution in [2.45, 2.75) is 43.7 Å². The molecule has 72 valence electrons. The van der Waals surface area contributed by atoms with E-state index in [4.69, 9.17) is 10.5 Å². The molecule has 1 rings (SSSR count). The second-order valence-electron chi connectivity index (χ2n) is 3.70. The van der Waals surface area contributed by atoms with E-state index in [1.165, 1.54) is 0 Å². The highest BCUT2D eigenvalue weighted by atomic mass is 16.5. The fraction of sp³-hybridized carbons (Fsp3) is 1.00. The van der Waals surface area contributed by atoms with Crippen LogP contribution in [-0.2, 0) is 4.74 Å². The highest BCUT2D eigenvalue weighted by Crippen LogP contribution is 2.32. The maximum Gasteiger partial charge on any atom is 0.0798 e. The van der Waals surface area contributed by atoms with Crippen LogP contribution in [0, 0.1) is 0 Å². The summed E-state index contributed by atoms with van der Waals surface area (Å²) < 4.78 is 4.93. The van der Waals surface area contributed by atoms with Crippen molar-refractivity contribution >= 4 is 0 Å². The number of aliphatic hydroxyl groups is 1. The van der Waals surface area contributed by atoms with Crippen molar-refractivity contribution < 1.29 is 9.84 Å². The second kappa shape index (κ2) is 4.21. The molecule has 0 radical (unpaired) electrons. The van der Waals surface area contributed by atoms with Crippen LogP contribution in [0.15, 0.2) is 0 Å². The number of hydrogen-bond acceptors (Lipinski definition) is 3. The van der Waals surface area contributed by atoms with Crippen LogP contribution >= 0.6 is 0 Å². The molecule has 1 aliphatic rings. The molecule has 0 aliphatic heterocycles. The minimum absolute atomic E-state index is 0.0191.